The zero-order valence-corrected chi connectivity index (χ0v) is 29.0. The van der Waals surface area contributed by atoms with E-state index in [0.29, 0.717) is 0 Å². The monoisotopic (exact) mass is 666 g/mol. The van der Waals surface area contributed by atoms with Crippen LogP contribution in [0, 0.1) is 13.8 Å². The van der Waals surface area contributed by atoms with Gasteiger partial charge in [-0.3, -0.25) is 9.97 Å². The van der Waals surface area contributed by atoms with Gasteiger partial charge in [-0.2, -0.15) is 0 Å². The van der Waals surface area contributed by atoms with Crippen molar-refractivity contribution < 1.29 is 4.42 Å². The maximum atomic E-state index is 6.46. The highest BCUT2D eigenvalue weighted by Crippen LogP contribution is 2.52. The Labute approximate surface area is 295 Å². The zero-order chi connectivity index (χ0) is 33.7. The molecule has 8 aromatic rings. The van der Waals surface area contributed by atoms with Gasteiger partial charge < -0.3 is 23.7 Å². The number of thiophene rings is 1. The van der Waals surface area contributed by atoms with Crippen molar-refractivity contribution in [1.29, 1.82) is 0 Å². The summed E-state index contributed by atoms with van der Waals surface area (Å²) in [6.45, 7) is 3.96. The highest BCUT2D eigenvalue weighted by molar-refractivity contribution is 7.25. The van der Waals surface area contributed by atoms with Gasteiger partial charge in [0.25, 0.3) is 0 Å². The second-order valence-electron chi connectivity index (χ2n) is 13.4. The third-order valence-electron chi connectivity index (χ3n) is 10.2. The summed E-state index contributed by atoms with van der Waals surface area (Å²) in [6, 6.07) is 43.0. The SMILES string of the molecule is Cc1ccc(N2B(c3ccc4nc(B5N(C)c6sc7ccccc7c6N5c5ccc(C)cc5)ccc4n3)N(C)c3oc4ccccc4c32)cc1. The second-order valence-corrected chi connectivity index (χ2v) is 14.4. The van der Waals surface area contributed by atoms with Crippen molar-refractivity contribution in [2.24, 2.45) is 0 Å². The minimum Gasteiger partial charge on any atom is -0.439 e. The first kappa shape index (κ1) is 29.2. The lowest BCUT2D eigenvalue weighted by Crippen LogP contribution is -2.55. The van der Waals surface area contributed by atoms with Crippen LogP contribution in [0.3, 0.4) is 0 Å². The van der Waals surface area contributed by atoms with Crippen LogP contribution in [0.15, 0.2) is 126 Å². The predicted octanol–water partition coefficient (Wildman–Crippen LogP) is 8.17. The van der Waals surface area contributed by atoms with E-state index in [2.05, 4.69) is 156 Å². The van der Waals surface area contributed by atoms with E-state index >= 15 is 0 Å². The van der Waals surface area contributed by atoms with Gasteiger partial charge in [0.15, 0.2) is 0 Å². The van der Waals surface area contributed by atoms with Crippen LogP contribution >= 0.6 is 11.3 Å². The van der Waals surface area contributed by atoms with Gasteiger partial charge in [0.2, 0.25) is 5.88 Å². The Morgan fingerprint density at radius 1 is 0.560 bits per heavy atom. The number of rotatable bonds is 4. The summed E-state index contributed by atoms with van der Waals surface area (Å²) in [6.07, 6.45) is 0. The Morgan fingerprint density at radius 3 is 1.74 bits per heavy atom. The van der Waals surface area contributed by atoms with Crippen LogP contribution in [0.1, 0.15) is 11.1 Å². The van der Waals surface area contributed by atoms with Crippen molar-refractivity contribution >= 4 is 102 Å². The fourth-order valence-electron chi connectivity index (χ4n) is 7.74. The number of furan rings is 1. The molecule has 0 aliphatic carbocycles. The second kappa shape index (κ2) is 10.9. The summed E-state index contributed by atoms with van der Waals surface area (Å²) in [7, 11) is 4.27. The molecule has 2 aliphatic heterocycles. The molecule has 240 valence electrons. The quantitative estimate of drug-likeness (QED) is 0.176. The summed E-state index contributed by atoms with van der Waals surface area (Å²) in [4.78, 5) is 19.9. The first-order valence-electron chi connectivity index (χ1n) is 16.9. The average Bonchev–Trinajstić information content (AvgIpc) is 3.86. The number of pyridine rings is 2. The number of hydrogen-bond donors (Lipinski definition) is 0. The molecule has 0 saturated carbocycles. The van der Waals surface area contributed by atoms with Gasteiger partial charge >= 0.3 is 14.0 Å². The molecule has 6 heterocycles. The normalized spacial score (nSPS) is 14.2. The minimum atomic E-state index is -0.192. The molecule has 0 atom stereocenters. The number of hydrogen-bond acceptors (Lipinski definition) is 8. The lowest BCUT2D eigenvalue weighted by molar-refractivity contribution is 0.624. The van der Waals surface area contributed by atoms with Gasteiger partial charge in [0.1, 0.15) is 16.3 Å². The van der Waals surface area contributed by atoms with E-state index in [1.807, 2.05) is 23.5 Å². The van der Waals surface area contributed by atoms with E-state index < -0.39 is 0 Å². The van der Waals surface area contributed by atoms with Gasteiger partial charge in [-0.15, -0.1) is 11.3 Å². The molecular weight excluding hydrogens is 634 g/mol. The van der Waals surface area contributed by atoms with Crippen molar-refractivity contribution in [2.45, 2.75) is 13.8 Å². The van der Waals surface area contributed by atoms with Crippen molar-refractivity contribution in [1.82, 2.24) is 9.97 Å². The Balaban J connectivity index is 1.07. The third kappa shape index (κ3) is 4.24. The summed E-state index contributed by atoms with van der Waals surface area (Å²) in [5, 5.41) is 3.60. The van der Waals surface area contributed by atoms with Gasteiger partial charge in [0, 0.05) is 26.8 Å². The molecule has 7 nitrogen and oxygen atoms in total. The van der Waals surface area contributed by atoms with Gasteiger partial charge in [-0.25, -0.2) is 0 Å². The van der Waals surface area contributed by atoms with E-state index in [9.17, 15) is 0 Å². The van der Waals surface area contributed by atoms with Crippen molar-refractivity contribution in [3.8, 4) is 0 Å². The van der Waals surface area contributed by atoms with E-state index in [-0.39, 0.29) is 14.0 Å². The topological polar surface area (TPSA) is 51.9 Å². The number of benzene rings is 4. The molecule has 50 heavy (non-hydrogen) atoms. The fourth-order valence-corrected chi connectivity index (χ4v) is 8.91. The van der Waals surface area contributed by atoms with Crippen molar-refractivity contribution in [2.75, 3.05) is 33.3 Å². The van der Waals surface area contributed by atoms with Crippen LogP contribution in [0.25, 0.3) is 32.1 Å². The van der Waals surface area contributed by atoms with E-state index in [1.54, 1.807) is 0 Å². The standard InChI is InChI=1S/C40H32B2N6OS/c1-25-13-17-27(18-14-25)47-37-29-9-5-7-11-33(29)49-39(37)45(3)41(47)35-23-21-32-31(43-35)22-24-36(44-32)42-46(4)40-38(30-10-6-8-12-34(30)50-40)48(42)28-19-15-26(2)16-20-28/h5-24H,1-4H3. The molecule has 10 rings (SSSR count). The first-order chi connectivity index (χ1) is 24.4. The van der Waals surface area contributed by atoms with E-state index in [4.69, 9.17) is 14.4 Å². The Bertz CT molecular complexity index is 2420. The van der Waals surface area contributed by atoms with Crippen LogP contribution in [-0.4, -0.2) is 38.0 Å². The van der Waals surface area contributed by atoms with Crippen LogP contribution in [0.2, 0.25) is 0 Å². The molecule has 0 amide bonds. The molecule has 0 N–H and O–H groups in total. The zero-order valence-electron chi connectivity index (χ0n) is 28.2. The average molecular weight is 666 g/mol. The molecule has 0 bridgehead atoms. The molecule has 0 radical (unpaired) electrons. The lowest BCUT2D eigenvalue weighted by atomic mass is 9.68. The fraction of sp³-hybridized carbons (Fsp3) is 0.100. The van der Waals surface area contributed by atoms with Crippen LogP contribution in [0.5, 0.6) is 0 Å². The highest BCUT2D eigenvalue weighted by atomic mass is 32.1. The molecule has 4 aromatic heterocycles. The number of nitrogens with zero attached hydrogens (tertiary/aromatic N) is 6. The number of anilines is 6. The number of aromatic nitrogens is 2. The number of para-hydroxylation sites is 1. The molecule has 10 heteroatoms. The van der Waals surface area contributed by atoms with E-state index in [0.717, 1.165) is 56.1 Å². The van der Waals surface area contributed by atoms with Gasteiger partial charge in [0.05, 0.1) is 27.9 Å². The predicted molar refractivity (Wildman–Crippen MR) is 212 cm³/mol. The minimum absolute atomic E-state index is 0.102. The van der Waals surface area contributed by atoms with Crippen LogP contribution in [-0.2, 0) is 0 Å². The maximum Gasteiger partial charge on any atom is 0.437 e. The molecule has 2 aliphatic rings. The maximum absolute atomic E-state index is 6.46. The Morgan fingerprint density at radius 2 is 1.10 bits per heavy atom. The number of aryl methyl sites for hydroxylation is 2. The van der Waals surface area contributed by atoms with Crippen LogP contribution in [0.4, 0.5) is 33.6 Å². The third-order valence-corrected chi connectivity index (χ3v) is 11.4. The first-order valence-corrected chi connectivity index (χ1v) is 17.7. The molecule has 0 fully saturated rings. The van der Waals surface area contributed by atoms with E-state index in [1.165, 1.54) is 31.9 Å². The summed E-state index contributed by atoms with van der Waals surface area (Å²) in [5.41, 5.74) is 11.5. The van der Waals surface area contributed by atoms with Crippen LogP contribution < -0.4 is 30.4 Å². The lowest BCUT2D eigenvalue weighted by Gasteiger charge is -2.28. The molecule has 0 saturated heterocycles. The highest BCUT2D eigenvalue weighted by Gasteiger charge is 2.47. The number of fused-ring (bicyclic) bond motifs is 7. The Kier molecular flexibility index (Phi) is 6.36. The molecule has 0 unspecified atom stereocenters. The van der Waals surface area contributed by atoms with Gasteiger partial charge in [-0.05, 0) is 94.7 Å². The van der Waals surface area contributed by atoms with Gasteiger partial charge in [-0.1, -0.05) is 65.7 Å². The Hall–Kier alpha value is -5.73. The molecule has 4 aromatic carbocycles. The largest absolute Gasteiger partial charge is 0.439 e. The smallest absolute Gasteiger partial charge is 0.437 e. The summed E-state index contributed by atoms with van der Waals surface area (Å²) in [5.74, 6) is 0.840. The summed E-state index contributed by atoms with van der Waals surface area (Å²) < 4.78 is 7.74. The summed E-state index contributed by atoms with van der Waals surface area (Å²) >= 11 is 1.84. The molecule has 0 spiro atoms. The molecular formula is C40H32B2N6OS. The van der Waals surface area contributed by atoms with Crippen molar-refractivity contribution in [3.63, 3.8) is 0 Å². The van der Waals surface area contributed by atoms with Crippen molar-refractivity contribution in [3.05, 3.63) is 132 Å².